The highest BCUT2D eigenvalue weighted by molar-refractivity contribution is 7.16. The molecule has 8 heteroatoms. The van der Waals surface area contributed by atoms with E-state index in [0.717, 1.165) is 60.2 Å². The lowest BCUT2D eigenvalue weighted by Gasteiger charge is -2.25. The molecule has 1 aromatic heterocycles. The SMILES string of the molecule is Cc1sc(N2CCCCC2)nc1-c1ccc(OCCCCCOc2ccc(C(=N)NO)cc2)cc1. The van der Waals surface area contributed by atoms with Crippen molar-refractivity contribution in [3.63, 3.8) is 0 Å². The molecule has 1 fully saturated rings. The van der Waals surface area contributed by atoms with Gasteiger partial charge in [-0.15, -0.1) is 11.3 Å². The molecule has 2 aromatic carbocycles. The molecule has 35 heavy (non-hydrogen) atoms. The molecule has 4 rings (SSSR count). The zero-order valence-corrected chi connectivity index (χ0v) is 21.1. The van der Waals surface area contributed by atoms with Gasteiger partial charge in [0.25, 0.3) is 0 Å². The average Bonchev–Trinajstić information content (AvgIpc) is 3.30. The number of nitrogens with one attached hydrogen (secondary N) is 2. The number of hydrogen-bond acceptors (Lipinski definition) is 7. The second-order valence-corrected chi connectivity index (χ2v) is 9.92. The Labute approximate surface area is 211 Å². The van der Waals surface area contributed by atoms with Crippen LogP contribution in [0.25, 0.3) is 11.3 Å². The molecule has 186 valence electrons. The van der Waals surface area contributed by atoms with Crippen LogP contribution in [0.4, 0.5) is 5.13 Å². The number of aryl methyl sites for hydroxylation is 1. The Morgan fingerprint density at radius 1 is 0.943 bits per heavy atom. The minimum atomic E-state index is -0.0357. The van der Waals surface area contributed by atoms with E-state index in [4.69, 9.17) is 25.1 Å². The highest BCUT2D eigenvalue weighted by Gasteiger charge is 2.17. The van der Waals surface area contributed by atoms with Crippen molar-refractivity contribution in [3.05, 3.63) is 59.0 Å². The van der Waals surface area contributed by atoms with E-state index in [9.17, 15) is 0 Å². The predicted octanol–water partition coefficient (Wildman–Crippen LogP) is 6.04. The van der Waals surface area contributed by atoms with Crippen LogP contribution < -0.4 is 19.9 Å². The lowest BCUT2D eigenvalue weighted by molar-refractivity contribution is 0.234. The average molecular weight is 495 g/mol. The molecule has 0 amide bonds. The van der Waals surface area contributed by atoms with Crippen molar-refractivity contribution in [2.75, 3.05) is 31.2 Å². The molecule has 0 spiro atoms. The topological polar surface area (TPSA) is 90.7 Å². The molecule has 0 bridgehead atoms. The summed E-state index contributed by atoms with van der Waals surface area (Å²) in [6, 6.07) is 15.4. The maximum atomic E-state index is 8.77. The molecule has 0 radical (unpaired) electrons. The first-order chi connectivity index (χ1) is 17.1. The number of aromatic nitrogens is 1. The monoisotopic (exact) mass is 494 g/mol. The summed E-state index contributed by atoms with van der Waals surface area (Å²) in [6.07, 6.45) is 6.78. The molecular formula is C27H34N4O3S. The van der Waals surface area contributed by atoms with Crippen molar-refractivity contribution in [1.29, 1.82) is 5.41 Å². The molecule has 2 heterocycles. The quantitative estimate of drug-likeness (QED) is 0.130. The van der Waals surface area contributed by atoms with Gasteiger partial charge in [-0.2, -0.15) is 0 Å². The van der Waals surface area contributed by atoms with Crippen molar-refractivity contribution >= 4 is 22.3 Å². The van der Waals surface area contributed by atoms with Crippen LogP contribution in [-0.2, 0) is 0 Å². The Bertz CT molecular complexity index is 1080. The van der Waals surface area contributed by atoms with Gasteiger partial charge in [-0.1, -0.05) is 0 Å². The molecule has 1 aliphatic heterocycles. The van der Waals surface area contributed by atoms with Crippen LogP contribution >= 0.6 is 11.3 Å². The van der Waals surface area contributed by atoms with Gasteiger partial charge in [0, 0.05) is 29.1 Å². The predicted molar refractivity (Wildman–Crippen MR) is 141 cm³/mol. The van der Waals surface area contributed by atoms with Crippen molar-refractivity contribution < 1.29 is 14.7 Å². The molecule has 1 saturated heterocycles. The number of thiazole rings is 1. The maximum Gasteiger partial charge on any atom is 0.186 e. The zero-order valence-electron chi connectivity index (χ0n) is 20.3. The fourth-order valence-corrected chi connectivity index (χ4v) is 5.11. The number of ether oxygens (including phenoxy) is 2. The van der Waals surface area contributed by atoms with Crippen LogP contribution in [-0.4, -0.2) is 42.3 Å². The van der Waals surface area contributed by atoms with Gasteiger partial charge in [-0.3, -0.25) is 16.1 Å². The third kappa shape index (κ3) is 6.96. The summed E-state index contributed by atoms with van der Waals surface area (Å²) >= 11 is 1.80. The number of rotatable bonds is 11. The summed E-state index contributed by atoms with van der Waals surface area (Å²) in [5, 5.41) is 17.4. The van der Waals surface area contributed by atoms with Gasteiger partial charge >= 0.3 is 0 Å². The molecule has 0 saturated carbocycles. The molecule has 7 nitrogen and oxygen atoms in total. The van der Waals surface area contributed by atoms with Gasteiger partial charge in [-0.25, -0.2) is 4.98 Å². The number of piperidine rings is 1. The second kappa shape index (κ2) is 12.6. The first-order valence-electron chi connectivity index (χ1n) is 12.3. The van der Waals surface area contributed by atoms with Crippen LogP contribution in [0.3, 0.4) is 0 Å². The summed E-state index contributed by atoms with van der Waals surface area (Å²) in [5.41, 5.74) is 4.67. The van der Waals surface area contributed by atoms with Gasteiger partial charge in [0.15, 0.2) is 5.13 Å². The zero-order chi connectivity index (χ0) is 24.5. The standard InChI is InChI=1S/C27H34N4O3S/c1-20-25(29-27(35-20)31-16-4-2-5-17-31)21-8-12-23(13-9-21)33-18-6-3-7-19-34-24-14-10-22(11-15-24)26(28)30-32/h8-15,32H,2-7,16-19H2,1H3,(H2,28,30). The Morgan fingerprint density at radius 2 is 1.54 bits per heavy atom. The first kappa shape index (κ1) is 25.0. The molecule has 3 N–H and O–H groups in total. The van der Waals surface area contributed by atoms with Gasteiger partial charge in [-0.05, 0) is 94.0 Å². The fraction of sp³-hybridized carbons (Fsp3) is 0.407. The first-order valence-corrected chi connectivity index (χ1v) is 13.1. The van der Waals surface area contributed by atoms with Crippen LogP contribution in [0.5, 0.6) is 11.5 Å². The van der Waals surface area contributed by atoms with E-state index >= 15 is 0 Å². The molecule has 0 atom stereocenters. The minimum absolute atomic E-state index is 0.0357. The van der Waals surface area contributed by atoms with E-state index in [1.165, 1.54) is 24.1 Å². The van der Waals surface area contributed by atoms with Gasteiger partial charge in [0.2, 0.25) is 0 Å². The minimum Gasteiger partial charge on any atom is -0.494 e. The number of benzene rings is 2. The van der Waals surface area contributed by atoms with Gasteiger partial charge < -0.3 is 14.4 Å². The van der Waals surface area contributed by atoms with Crippen LogP contribution in [0.15, 0.2) is 48.5 Å². The third-order valence-corrected chi connectivity index (χ3v) is 7.15. The number of anilines is 1. The lowest BCUT2D eigenvalue weighted by atomic mass is 10.1. The summed E-state index contributed by atoms with van der Waals surface area (Å²) in [7, 11) is 0. The summed E-state index contributed by atoms with van der Waals surface area (Å²) in [6.45, 7) is 5.71. The largest absolute Gasteiger partial charge is 0.494 e. The van der Waals surface area contributed by atoms with Gasteiger partial charge in [0.05, 0.1) is 18.9 Å². The molecule has 3 aromatic rings. The van der Waals surface area contributed by atoms with Crippen molar-refractivity contribution in [1.82, 2.24) is 10.5 Å². The lowest BCUT2D eigenvalue weighted by Crippen LogP contribution is -2.29. The van der Waals surface area contributed by atoms with E-state index in [0.29, 0.717) is 18.8 Å². The highest BCUT2D eigenvalue weighted by atomic mass is 32.1. The fourth-order valence-electron chi connectivity index (χ4n) is 4.12. The third-order valence-electron chi connectivity index (χ3n) is 6.12. The van der Waals surface area contributed by atoms with E-state index in [1.807, 2.05) is 17.6 Å². The molecular weight excluding hydrogens is 460 g/mol. The number of unbranched alkanes of at least 4 members (excludes halogenated alkanes) is 2. The summed E-state index contributed by atoms with van der Waals surface area (Å²) < 4.78 is 11.7. The summed E-state index contributed by atoms with van der Waals surface area (Å²) in [5.74, 6) is 1.61. The van der Waals surface area contributed by atoms with E-state index in [-0.39, 0.29) is 5.84 Å². The van der Waals surface area contributed by atoms with Crippen LogP contribution in [0, 0.1) is 12.3 Å². The number of amidine groups is 1. The van der Waals surface area contributed by atoms with E-state index < -0.39 is 0 Å². The Kier molecular flexibility index (Phi) is 8.97. The summed E-state index contributed by atoms with van der Waals surface area (Å²) in [4.78, 5) is 8.63. The molecule has 1 aliphatic rings. The van der Waals surface area contributed by atoms with Crippen molar-refractivity contribution in [2.45, 2.75) is 45.4 Å². The van der Waals surface area contributed by atoms with Crippen LogP contribution in [0.1, 0.15) is 49.0 Å². The van der Waals surface area contributed by atoms with Crippen LogP contribution in [0.2, 0.25) is 0 Å². The van der Waals surface area contributed by atoms with E-state index in [2.05, 4.69) is 24.0 Å². The van der Waals surface area contributed by atoms with Gasteiger partial charge in [0.1, 0.15) is 17.3 Å². The number of hydroxylamine groups is 1. The highest BCUT2D eigenvalue weighted by Crippen LogP contribution is 2.34. The second-order valence-electron chi connectivity index (χ2n) is 8.74. The Balaban J connectivity index is 1.15. The Hall–Kier alpha value is -3.10. The number of hydrogen-bond donors (Lipinski definition) is 3. The maximum absolute atomic E-state index is 8.77. The van der Waals surface area contributed by atoms with E-state index in [1.54, 1.807) is 35.6 Å². The Morgan fingerprint density at radius 3 is 2.14 bits per heavy atom. The molecule has 0 unspecified atom stereocenters. The van der Waals surface area contributed by atoms with Crippen molar-refractivity contribution in [3.8, 4) is 22.8 Å². The van der Waals surface area contributed by atoms with Crippen molar-refractivity contribution in [2.24, 2.45) is 0 Å². The smallest absolute Gasteiger partial charge is 0.186 e. The molecule has 0 aliphatic carbocycles. The normalized spacial score (nSPS) is 13.5. The number of nitrogens with zero attached hydrogens (tertiary/aromatic N) is 2.